The summed E-state index contributed by atoms with van der Waals surface area (Å²) in [4.78, 5) is 42.2. The van der Waals surface area contributed by atoms with Crippen LogP contribution < -0.4 is 5.32 Å². The van der Waals surface area contributed by atoms with E-state index in [-0.39, 0.29) is 25.0 Å². The number of carbonyl (C=O) groups excluding carboxylic acids is 3. The molecule has 1 aromatic rings. The van der Waals surface area contributed by atoms with Crippen LogP contribution >= 0.6 is 0 Å². The Morgan fingerprint density at radius 3 is 2.71 bits per heavy atom. The molecule has 2 N–H and O–H groups in total. The van der Waals surface area contributed by atoms with Crippen molar-refractivity contribution < 1.29 is 29.0 Å². The van der Waals surface area contributed by atoms with Crippen molar-refractivity contribution in [3.63, 3.8) is 0 Å². The van der Waals surface area contributed by atoms with Crippen LogP contribution in [0.25, 0.3) is 0 Å². The lowest BCUT2D eigenvalue weighted by atomic mass is 9.66. The minimum Gasteiger partial charge on any atom is -0.466 e. The van der Waals surface area contributed by atoms with Crippen molar-refractivity contribution in [1.82, 2.24) is 4.90 Å². The van der Waals surface area contributed by atoms with Crippen molar-refractivity contribution in [3.8, 4) is 0 Å². The Balaban J connectivity index is 1.69. The number of likely N-dealkylation sites (tertiary alicyclic amines) is 1. The number of hydrogen-bond donors (Lipinski definition) is 2. The molecule has 2 bridgehead atoms. The van der Waals surface area contributed by atoms with Gasteiger partial charge in [-0.05, 0) is 77.0 Å². The highest BCUT2D eigenvalue weighted by atomic mass is 16.6. The summed E-state index contributed by atoms with van der Waals surface area (Å²) < 4.78 is 11.9. The smallest absolute Gasteiger partial charge is 0.312 e. The highest BCUT2D eigenvalue weighted by molar-refractivity contribution is 6.03. The molecule has 0 saturated carbocycles. The van der Waals surface area contributed by atoms with Crippen LogP contribution in [0.5, 0.6) is 0 Å². The Kier molecular flexibility index (Phi) is 6.75. The van der Waals surface area contributed by atoms with Crippen molar-refractivity contribution >= 4 is 23.5 Å². The molecule has 8 heteroatoms. The fourth-order valence-corrected chi connectivity index (χ4v) is 6.20. The lowest BCUT2D eigenvalue weighted by molar-refractivity contribution is -0.158. The average molecular weight is 473 g/mol. The van der Waals surface area contributed by atoms with Gasteiger partial charge in [0.1, 0.15) is 17.6 Å². The molecule has 3 heterocycles. The molecule has 34 heavy (non-hydrogen) atoms. The van der Waals surface area contributed by atoms with Crippen LogP contribution in [0.2, 0.25) is 0 Å². The molecule has 5 atom stereocenters. The first-order valence-corrected chi connectivity index (χ1v) is 12.3. The third-order valence-corrected chi connectivity index (χ3v) is 7.77. The summed E-state index contributed by atoms with van der Waals surface area (Å²) in [5.41, 5.74) is 0.779. The summed E-state index contributed by atoms with van der Waals surface area (Å²) in [6, 6.07) is 5.02. The quantitative estimate of drug-likeness (QED) is 0.423. The highest BCUT2D eigenvalue weighted by Gasteiger charge is 2.78. The van der Waals surface area contributed by atoms with Crippen LogP contribution in [-0.2, 0) is 23.9 Å². The molecular formula is C26H36N2O6. The number of hydrogen-bond acceptors (Lipinski definition) is 6. The number of amides is 2. The predicted molar refractivity (Wildman–Crippen MR) is 126 cm³/mol. The van der Waals surface area contributed by atoms with Crippen LogP contribution in [0.15, 0.2) is 18.2 Å². The van der Waals surface area contributed by atoms with E-state index in [1.807, 2.05) is 39.0 Å². The molecule has 3 aliphatic heterocycles. The maximum atomic E-state index is 13.8. The van der Waals surface area contributed by atoms with Crippen molar-refractivity contribution in [2.24, 2.45) is 11.8 Å². The second-order valence-corrected chi connectivity index (χ2v) is 10.1. The number of aliphatic hydroxyl groups is 1. The second kappa shape index (κ2) is 9.30. The maximum Gasteiger partial charge on any atom is 0.312 e. The van der Waals surface area contributed by atoms with Gasteiger partial charge in [-0.2, -0.15) is 0 Å². The SMILES string of the molecule is CCOC(=O)[C@@H]1[C@H]2C(=O)N(CCCCCO)C(C(=O)Nc3cc(C)ccc3C)C23CC[C@@]1(C)O3. The van der Waals surface area contributed by atoms with Crippen molar-refractivity contribution in [1.29, 1.82) is 0 Å². The Morgan fingerprint density at radius 1 is 1.24 bits per heavy atom. The first kappa shape index (κ1) is 24.7. The number of aryl methyl sites for hydroxylation is 2. The van der Waals surface area contributed by atoms with E-state index < -0.39 is 35.0 Å². The summed E-state index contributed by atoms with van der Waals surface area (Å²) in [6.45, 7) is 8.18. The topological polar surface area (TPSA) is 105 Å². The van der Waals surface area contributed by atoms with Gasteiger partial charge in [-0.15, -0.1) is 0 Å². The Labute approximate surface area is 201 Å². The molecule has 2 unspecified atom stereocenters. The molecule has 3 aliphatic rings. The van der Waals surface area contributed by atoms with Gasteiger partial charge >= 0.3 is 5.97 Å². The van der Waals surface area contributed by atoms with Crippen LogP contribution in [0, 0.1) is 25.7 Å². The van der Waals surface area contributed by atoms with Gasteiger partial charge in [0.2, 0.25) is 11.8 Å². The molecule has 3 fully saturated rings. The summed E-state index contributed by atoms with van der Waals surface area (Å²) >= 11 is 0. The van der Waals surface area contributed by atoms with E-state index in [0.717, 1.165) is 17.5 Å². The number of aliphatic hydroxyl groups excluding tert-OH is 1. The van der Waals surface area contributed by atoms with Crippen LogP contribution in [-0.4, -0.2) is 64.8 Å². The molecule has 8 nitrogen and oxygen atoms in total. The maximum absolute atomic E-state index is 13.8. The number of carbonyl (C=O) groups is 3. The van der Waals surface area contributed by atoms with Crippen molar-refractivity contribution in [2.45, 2.75) is 77.0 Å². The average Bonchev–Trinajstić information content (AvgIpc) is 3.35. The zero-order valence-corrected chi connectivity index (χ0v) is 20.6. The van der Waals surface area contributed by atoms with Crippen molar-refractivity contribution in [3.05, 3.63) is 29.3 Å². The molecule has 3 saturated heterocycles. The Morgan fingerprint density at radius 2 is 2.00 bits per heavy atom. The van der Waals surface area contributed by atoms with E-state index in [2.05, 4.69) is 5.32 Å². The first-order valence-electron chi connectivity index (χ1n) is 12.3. The standard InChI is InChI=1S/C26H36N2O6/c1-5-33-24(32)20-19-23(31)28(13-7-6-8-14-29)21(26(19)12-11-25(20,4)34-26)22(30)27-18-15-16(2)9-10-17(18)3/h9-10,15,19-21,29H,5-8,11-14H2,1-4H3,(H,27,30)/t19-,20-,21?,25+,26?/m0/s1. The number of nitrogens with zero attached hydrogens (tertiary/aromatic N) is 1. The number of anilines is 1. The summed E-state index contributed by atoms with van der Waals surface area (Å²) in [7, 11) is 0. The van der Waals surface area contributed by atoms with Crippen LogP contribution in [0.1, 0.15) is 57.1 Å². The van der Waals surface area contributed by atoms with E-state index in [0.29, 0.717) is 37.9 Å². The highest BCUT2D eigenvalue weighted by Crippen LogP contribution is 2.63. The molecule has 1 aromatic carbocycles. The van der Waals surface area contributed by atoms with Gasteiger partial charge in [-0.1, -0.05) is 12.1 Å². The second-order valence-electron chi connectivity index (χ2n) is 10.1. The minimum atomic E-state index is -1.05. The fraction of sp³-hybridized carbons (Fsp3) is 0.654. The van der Waals surface area contributed by atoms with Gasteiger partial charge in [0.15, 0.2) is 0 Å². The number of benzene rings is 1. The number of fused-ring (bicyclic) bond motifs is 1. The van der Waals surface area contributed by atoms with Gasteiger partial charge in [0.05, 0.1) is 18.1 Å². The molecule has 4 rings (SSSR count). The van der Waals surface area contributed by atoms with E-state index in [9.17, 15) is 14.4 Å². The number of nitrogens with one attached hydrogen (secondary N) is 1. The van der Waals surface area contributed by atoms with E-state index in [1.54, 1.807) is 11.8 Å². The zero-order chi connectivity index (χ0) is 24.7. The minimum absolute atomic E-state index is 0.0868. The molecule has 0 aliphatic carbocycles. The van der Waals surface area contributed by atoms with E-state index in [1.165, 1.54) is 0 Å². The van der Waals surface area contributed by atoms with Crippen LogP contribution in [0.4, 0.5) is 5.69 Å². The van der Waals surface area contributed by atoms with Crippen LogP contribution in [0.3, 0.4) is 0 Å². The first-order chi connectivity index (χ1) is 16.2. The van der Waals surface area contributed by atoms with Gasteiger partial charge < -0.3 is 24.8 Å². The molecule has 2 amide bonds. The molecule has 0 radical (unpaired) electrons. The largest absolute Gasteiger partial charge is 0.466 e. The van der Waals surface area contributed by atoms with Gasteiger partial charge in [0.25, 0.3) is 0 Å². The number of unbranched alkanes of at least 4 members (excludes halogenated alkanes) is 2. The predicted octanol–water partition coefficient (Wildman–Crippen LogP) is 2.73. The zero-order valence-electron chi connectivity index (χ0n) is 20.6. The molecule has 186 valence electrons. The number of ether oxygens (including phenoxy) is 2. The van der Waals surface area contributed by atoms with E-state index >= 15 is 0 Å². The lowest BCUT2D eigenvalue weighted by Gasteiger charge is -2.33. The normalized spacial score (nSPS) is 31.6. The molecular weight excluding hydrogens is 436 g/mol. The summed E-state index contributed by atoms with van der Waals surface area (Å²) in [6.07, 6.45) is 3.16. The Hall–Kier alpha value is -2.45. The molecule has 1 spiro atoms. The third kappa shape index (κ3) is 3.90. The van der Waals surface area contributed by atoms with E-state index in [4.69, 9.17) is 14.6 Å². The van der Waals surface area contributed by atoms with Gasteiger partial charge in [0, 0.05) is 18.8 Å². The summed E-state index contributed by atoms with van der Waals surface area (Å²) in [5.74, 6) is -2.41. The Bertz CT molecular complexity index is 980. The lowest BCUT2D eigenvalue weighted by Crippen LogP contribution is -2.53. The molecule has 0 aromatic heterocycles. The van der Waals surface area contributed by atoms with Crippen molar-refractivity contribution in [2.75, 3.05) is 25.1 Å². The van der Waals surface area contributed by atoms with Gasteiger partial charge in [-0.25, -0.2) is 0 Å². The fourth-order valence-electron chi connectivity index (χ4n) is 6.20. The number of rotatable bonds is 9. The number of esters is 1. The monoisotopic (exact) mass is 472 g/mol. The third-order valence-electron chi connectivity index (χ3n) is 7.77. The van der Waals surface area contributed by atoms with Gasteiger partial charge in [-0.3, -0.25) is 14.4 Å². The summed E-state index contributed by atoms with van der Waals surface area (Å²) in [5, 5.41) is 12.2.